The highest BCUT2D eigenvalue weighted by atomic mass is 79.9. The minimum absolute atomic E-state index is 0.155. The van der Waals surface area contributed by atoms with Crippen molar-refractivity contribution in [1.82, 2.24) is 10.3 Å². The van der Waals surface area contributed by atoms with E-state index in [0.29, 0.717) is 21.7 Å². The second-order valence-corrected chi connectivity index (χ2v) is 4.86. The van der Waals surface area contributed by atoms with Crippen LogP contribution in [-0.2, 0) is 6.54 Å². The number of hydrogen-bond donors (Lipinski definition) is 1. The van der Waals surface area contributed by atoms with Crippen LogP contribution in [0.15, 0.2) is 47.2 Å². The van der Waals surface area contributed by atoms with E-state index in [0.717, 1.165) is 5.56 Å². The van der Waals surface area contributed by atoms with Crippen LogP contribution < -0.4 is 5.32 Å². The molecule has 0 bridgehead atoms. The summed E-state index contributed by atoms with van der Waals surface area (Å²) in [5.74, 6) is -0.155. The van der Waals surface area contributed by atoms with E-state index in [1.165, 1.54) is 0 Å². The number of benzene rings is 1. The molecule has 1 heterocycles. The Kier molecular flexibility index (Phi) is 4.33. The van der Waals surface area contributed by atoms with Gasteiger partial charge in [-0.1, -0.05) is 29.8 Å². The van der Waals surface area contributed by atoms with Crippen molar-refractivity contribution in [3.8, 4) is 0 Å². The summed E-state index contributed by atoms with van der Waals surface area (Å²) in [5.41, 5.74) is 1.45. The van der Waals surface area contributed by atoms with Crippen LogP contribution in [0.4, 0.5) is 0 Å². The largest absolute Gasteiger partial charge is 0.348 e. The molecule has 1 aromatic carbocycles. The topological polar surface area (TPSA) is 42.0 Å². The number of aromatic nitrogens is 1. The predicted molar refractivity (Wildman–Crippen MR) is 74.6 cm³/mol. The first-order chi connectivity index (χ1) is 8.66. The number of amides is 1. The molecule has 0 aliphatic carbocycles. The number of rotatable bonds is 3. The Morgan fingerprint density at radius 3 is 2.83 bits per heavy atom. The van der Waals surface area contributed by atoms with Crippen molar-refractivity contribution in [3.05, 3.63) is 63.3 Å². The highest BCUT2D eigenvalue weighted by Crippen LogP contribution is 2.14. The summed E-state index contributed by atoms with van der Waals surface area (Å²) in [6, 6.07) is 10.7. The van der Waals surface area contributed by atoms with Gasteiger partial charge >= 0.3 is 0 Å². The SMILES string of the molecule is O=C(NCc1ccccc1Cl)c1ccnc(Br)c1. The van der Waals surface area contributed by atoms with E-state index in [1.807, 2.05) is 18.2 Å². The third kappa shape index (κ3) is 3.31. The molecule has 5 heteroatoms. The molecule has 18 heavy (non-hydrogen) atoms. The van der Waals surface area contributed by atoms with E-state index in [2.05, 4.69) is 26.2 Å². The van der Waals surface area contributed by atoms with Crippen molar-refractivity contribution in [1.29, 1.82) is 0 Å². The molecule has 1 aromatic heterocycles. The molecule has 3 nitrogen and oxygen atoms in total. The van der Waals surface area contributed by atoms with Crippen LogP contribution in [0.25, 0.3) is 0 Å². The zero-order valence-corrected chi connectivity index (χ0v) is 11.7. The fraction of sp³-hybridized carbons (Fsp3) is 0.0769. The summed E-state index contributed by atoms with van der Waals surface area (Å²) in [4.78, 5) is 15.8. The van der Waals surface area contributed by atoms with Gasteiger partial charge in [-0.15, -0.1) is 0 Å². The zero-order valence-electron chi connectivity index (χ0n) is 9.36. The lowest BCUT2D eigenvalue weighted by Crippen LogP contribution is -2.22. The van der Waals surface area contributed by atoms with Crippen LogP contribution in [0.2, 0.25) is 5.02 Å². The Labute approximate surface area is 118 Å². The lowest BCUT2D eigenvalue weighted by Gasteiger charge is -2.06. The number of nitrogens with zero attached hydrogens (tertiary/aromatic N) is 1. The molecule has 2 rings (SSSR count). The predicted octanol–water partition coefficient (Wildman–Crippen LogP) is 3.43. The van der Waals surface area contributed by atoms with E-state index in [-0.39, 0.29) is 5.91 Å². The van der Waals surface area contributed by atoms with Crippen LogP contribution in [0.5, 0.6) is 0 Å². The molecule has 1 amide bonds. The molecular weight excluding hydrogens is 316 g/mol. The van der Waals surface area contributed by atoms with Gasteiger partial charge in [-0.05, 0) is 39.7 Å². The van der Waals surface area contributed by atoms with Gasteiger partial charge in [-0.2, -0.15) is 0 Å². The average Bonchev–Trinajstić information content (AvgIpc) is 2.37. The molecular formula is C13H10BrClN2O. The fourth-order valence-corrected chi connectivity index (χ4v) is 2.03. The highest BCUT2D eigenvalue weighted by Gasteiger charge is 2.06. The minimum atomic E-state index is -0.155. The van der Waals surface area contributed by atoms with Crippen molar-refractivity contribution in [2.45, 2.75) is 6.54 Å². The van der Waals surface area contributed by atoms with Crippen LogP contribution in [0.3, 0.4) is 0 Å². The number of halogens is 2. The molecule has 0 saturated heterocycles. The summed E-state index contributed by atoms with van der Waals surface area (Å²) >= 11 is 9.24. The first-order valence-electron chi connectivity index (χ1n) is 5.30. The standard InChI is InChI=1S/C13H10BrClN2O/c14-12-7-9(5-6-16-12)13(18)17-8-10-3-1-2-4-11(10)15/h1-7H,8H2,(H,17,18). The summed E-state index contributed by atoms with van der Waals surface area (Å²) in [6.07, 6.45) is 1.58. The lowest BCUT2D eigenvalue weighted by atomic mass is 10.2. The van der Waals surface area contributed by atoms with E-state index in [9.17, 15) is 4.79 Å². The van der Waals surface area contributed by atoms with E-state index in [4.69, 9.17) is 11.6 Å². The molecule has 0 atom stereocenters. The number of nitrogens with one attached hydrogen (secondary N) is 1. The zero-order chi connectivity index (χ0) is 13.0. The first-order valence-corrected chi connectivity index (χ1v) is 6.47. The van der Waals surface area contributed by atoms with Gasteiger partial charge in [0.2, 0.25) is 0 Å². The average molecular weight is 326 g/mol. The van der Waals surface area contributed by atoms with Gasteiger partial charge in [-0.25, -0.2) is 4.98 Å². The first kappa shape index (κ1) is 13.1. The smallest absolute Gasteiger partial charge is 0.251 e. The Morgan fingerprint density at radius 1 is 1.33 bits per heavy atom. The number of pyridine rings is 1. The third-order valence-electron chi connectivity index (χ3n) is 2.39. The number of hydrogen-bond acceptors (Lipinski definition) is 2. The number of carbonyl (C=O) groups excluding carboxylic acids is 1. The van der Waals surface area contributed by atoms with Gasteiger partial charge in [0, 0.05) is 23.3 Å². The van der Waals surface area contributed by atoms with E-state index in [1.54, 1.807) is 24.4 Å². The van der Waals surface area contributed by atoms with Crippen molar-refractivity contribution < 1.29 is 4.79 Å². The van der Waals surface area contributed by atoms with Crippen molar-refractivity contribution in [2.75, 3.05) is 0 Å². The second-order valence-electron chi connectivity index (χ2n) is 3.64. The maximum Gasteiger partial charge on any atom is 0.251 e. The summed E-state index contributed by atoms with van der Waals surface area (Å²) < 4.78 is 0.632. The van der Waals surface area contributed by atoms with Crippen molar-refractivity contribution >= 4 is 33.4 Å². The van der Waals surface area contributed by atoms with Crippen molar-refractivity contribution in [3.63, 3.8) is 0 Å². The Bertz CT molecular complexity index is 574. The summed E-state index contributed by atoms with van der Waals surface area (Å²) in [6.45, 7) is 0.401. The maximum absolute atomic E-state index is 11.9. The molecule has 2 aromatic rings. The Balaban J connectivity index is 2.03. The van der Waals surface area contributed by atoms with Gasteiger partial charge in [0.15, 0.2) is 0 Å². The van der Waals surface area contributed by atoms with Crippen LogP contribution in [-0.4, -0.2) is 10.9 Å². The normalized spacial score (nSPS) is 10.1. The van der Waals surface area contributed by atoms with Gasteiger partial charge < -0.3 is 5.32 Å². The minimum Gasteiger partial charge on any atom is -0.348 e. The summed E-state index contributed by atoms with van der Waals surface area (Å²) in [7, 11) is 0. The molecule has 0 aliphatic heterocycles. The van der Waals surface area contributed by atoms with Crippen LogP contribution >= 0.6 is 27.5 Å². The molecule has 0 radical (unpaired) electrons. The monoisotopic (exact) mass is 324 g/mol. The highest BCUT2D eigenvalue weighted by molar-refractivity contribution is 9.10. The van der Waals surface area contributed by atoms with E-state index < -0.39 is 0 Å². The molecule has 0 aliphatic rings. The quantitative estimate of drug-likeness (QED) is 0.879. The summed E-state index contributed by atoms with van der Waals surface area (Å²) in [5, 5.41) is 3.46. The van der Waals surface area contributed by atoms with Crippen LogP contribution in [0.1, 0.15) is 15.9 Å². The molecule has 0 unspecified atom stereocenters. The molecule has 0 fully saturated rings. The number of carbonyl (C=O) groups is 1. The molecule has 92 valence electrons. The lowest BCUT2D eigenvalue weighted by molar-refractivity contribution is 0.0950. The second kappa shape index (κ2) is 5.98. The molecule has 1 N–H and O–H groups in total. The van der Waals surface area contributed by atoms with Gasteiger partial charge in [-0.3, -0.25) is 4.79 Å². The third-order valence-corrected chi connectivity index (χ3v) is 3.19. The van der Waals surface area contributed by atoms with Gasteiger partial charge in [0.1, 0.15) is 4.60 Å². The van der Waals surface area contributed by atoms with E-state index >= 15 is 0 Å². The fourth-order valence-electron chi connectivity index (χ4n) is 1.46. The Morgan fingerprint density at radius 2 is 2.11 bits per heavy atom. The molecule has 0 saturated carbocycles. The van der Waals surface area contributed by atoms with Crippen LogP contribution in [0, 0.1) is 0 Å². The molecule has 0 spiro atoms. The Hall–Kier alpha value is -1.39. The maximum atomic E-state index is 11.9. The van der Waals surface area contributed by atoms with Gasteiger partial charge in [0.05, 0.1) is 0 Å². The van der Waals surface area contributed by atoms with Gasteiger partial charge in [0.25, 0.3) is 5.91 Å². The van der Waals surface area contributed by atoms with Crippen molar-refractivity contribution in [2.24, 2.45) is 0 Å².